The van der Waals surface area contributed by atoms with E-state index in [4.69, 9.17) is 5.11 Å². The molecule has 110 valence electrons. The van der Waals surface area contributed by atoms with E-state index in [1.165, 1.54) is 0 Å². The lowest BCUT2D eigenvalue weighted by atomic mass is 10.1. The van der Waals surface area contributed by atoms with Crippen molar-refractivity contribution in [3.05, 3.63) is 29.3 Å². The lowest BCUT2D eigenvalue weighted by Crippen LogP contribution is -2.40. The van der Waals surface area contributed by atoms with Gasteiger partial charge in [0, 0.05) is 12.2 Å². The Bertz CT molecular complexity index is 500. The van der Waals surface area contributed by atoms with E-state index in [-0.39, 0.29) is 18.4 Å². The molecule has 1 amide bonds. The molecule has 0 heterocycles. The standard InChI is InChI=1S/C15H22N2O3/c1-10-5-6-13(11(2)9-10)16-15(20)12(3)17(4)8-7-14(18)19/h5-6,9,12H,7-8H2,1-4H3,(H,16,20)(H,18,19). The molecule has 0 saturated carbocycles. The monoisotopic (exact) mass is 278 g/mol. The Morgan fingerprint density at radius 3 is 2.55 bits per heavy atom. The van der Waals surface area contributed by atoms with Crippen LogP contribution in [0.1, 0.15) is 24.5 Å². The van der Waals surface area contributed by atoms with Crippen molar-refractivity contribution in [2.24, 2.45) is 0 Å². The third kappa shape index (κ3) is 4.66. The van der Waals surface area contributed by atoms with Gasteiger partial charge in [0.05, 0.1) is 12.5 Å². The van der Waals surface area contributed by atoms with Crippen LogP contribution in [0.3, 0.4) is 0 Å². The summed E-state index contributed by atoms with van der Waals surface area (Å²) in [6.07, 6.45) is 0.0255. The zero-order valence-electron chi connectivity index (χ0n) is 12.4. The third-order valence-electron chi connectivity index (χ3n) is 3.36. The van der Waals surface area contributed by atoms with E-state index in [0.717, 1.165) is 16.8 Å². The van der Waals surface area contributed by atoms with E-state index in [0.29, 0.717) is 6.54 Å². The molecule has 1 aromatic rings. The van der Waals surface area contributed by atoms with Crippen molar-refractivity contribution in [2.75, 3.05) is 18.9 Å². The summed E-state index contributed by atoms with van der Waals surface area (Å²) in [5.74, 6) is -0.997. The molecule has 0 aliphatic carbocycles. The summed E-state index contributed by atoms with van der Waals surface area (Å²) in [6.45, 7) is 6.06. The predicted octanol–water partition coefficient (Wildman–Crippen LogP) is 2.04. The van der Waals surface area contributed by atoms with Gasteiger partial charge in [0.25, 0.3) is 0 Å². The van der Waals surface area contributed by atoms with Gasteiger partial charge in [-0.15, -0.1) is 0 Å². The van der Waals surface area contributed by atoms with Crippen LogP contribution in [0.4, 0.5) is 5.69 Å². The van der Waals surface area contributed by atoms with Gasteiger partial charge in [-0.1, -0.05) is 17.7 Å². The van der Waals surface area contributed by atoms with E-state index in [1.54, 1.807) is 18.9 Å². The molecule has 5 nitrogen and oxygen atoms in total. The van der Waals surface area contributed by atoms with Gasteiger partial charge in [-0.25, -0.2) is 0 Å². The second kappa shape index (κ2) is 7.05. The number of benzene rings is 1. The van der Waals surface area contributed by atoms with E-state index in [9.17, 15) is 9.59 Å². The first-order valence-corrected chi connectivity index (χ1v) is 6.61. The van der Waals surface area contributed by atoms with E-state index in [1.807, 2.05) is 32.0 Å². The maximum atomic E-state index is 12.1. The highest BCUT2D eigenvalue weighted by atomic mass is 16.4. The molecule has 0 saturated heterocycles. The molecule has 0 fully saturated rings. The fourth-order valence-corrected chi connectivity index (χ4v) is 1.86. The van der Waals surface area contributed by atoms with Gasteiger partial charge in [0.1, 0.15) is 0 Å². The summed E-state index contributed by atoms with van der Waals surface area (Å²) < 4.78 is 0. The Morgan fingerprint density at radius 1 is 1.35 bits per heavy atom. The Balaban J connectivity index is 2.63. The number of carboxylic acid groups (broad SMARTS) is 1. The average Bonchev–Trinajstić information content (AvgIpc) is 2.38. The van der Waals surface area contributed by atoms with Crippen molar-refractivity contribution in [3.63, 3.8) is 0 Å². The van der Waals surface area contributed by atoms with Crippen molar-refractivity contribution in [2.45, 2.75) is 33.2 Å². The molecule has 1 rings (SSSR count). The van der Waals surface area contributed by atoms with Gasteiger partial charge in [0.2, 0.25) is 5.91 Å². The molecule has 0 bridgehead atoms. The minimum Gasteiger partial charge on any atom is -0.481 e. The van der Waals surface area contributed by atoms with Gasteiger partial charge in [-0.3, -0.25) is 14.5 Å². The topological polar surface area (TPSA) is 69.6 Å². The summed E-state index contributed by atoms with van der Waals surface area (Å²) >= 11 is 0. The van der Waals surface area contributed by atoms with Gasteiger partial charge in [-0.05, 0) is 39.4 Å². The molecule has 0 spiro atoms. The number of hydrogen-bond donors (Lipinski definition) is 2. The lowest BCUT2D eigenvalue weighted by molar-refractivity contribution is -0.137. The van der Waals surface area contributed by atoms with E-state index in [2.05, 4.69) is 5.32 Å². The van der Waals surface area contributed by atoms with E-state index >= 15 is 0 Å². The number of aliphatic carboxylic acids is 1. The van der Waals surface area contributed by atoms with Crippen LogP contribution in [0.5, 0.6) is 0 Å². The number of nitrogens with one attached hydrogen (secondary N) is 1. The van der Waals surface area contributed by atoms with E-state index < -0.39 is 5.97 Å². The minimum absolute atomic E-state index is 0.0255. The van der Waals surface area contributed by atoms with Crippen LogP contribution in [-0.4, -0.2) is 41.5 Å². The normalized spacial score (nSPS) is 12.2. The number of hydrogen-bond acceptors (Lipinski definition) is 3. The molecular weight excluding hydrogens is 256 g/mol. The highest BCUT2D eigenvalue weighted by Gasteiger charge is 2.19. The lowest BCUT2D eigenvalue weighted by Gasteiger charge is -2.23. The van der Waals surface area contributed by atoms with Crippen LogP contribution in [0, 0.1) is 13.8 Å². The molecule has 5 heteroatoms. The second-order valence-electron chi connectivity index (χ2n) is 5.11. The molecule has 0 aliphatic heterocycles. The Kier molecular flexibility index (Phi) is 5.70. The Labute approximate surface area is 119 Å². The van der Waals surface area contributed by atoms with Crippen LogP contribution in [0.15, 0.2) is 18.2 Å². The number of nitrogens with zero attached hydrogens (tertiary/aromatic N) is 1. The number of carboxylic acids is 1. The SMILES string of the molecule is Cc1ccc(NC(=O)C(C)N(C)CCC(=O)O)c(C)c1. The number of rotatable bonds is 6. The van der Waals surface area contributed by atoms with Crippen molar-refractivity contribution in [1.82, 2.24) is 4.90 Å². The number of likely N-dealkylation sites (N-methyl/N-ethyl adjacent to an activating group) is 1. The fourth-order valence-electron chi connectivity index (χ4n) is 1.86. The number of carbonyl (C=O) groups excluding carboxylic acids is 1. The van der Waals surface area contributed by atoms with Crippen LogP contribution in [0.2, 0.25) is 0 Å². The Morgan fingerprint density at radius 2 is 2.00 bits per heavy atom. The summed E-state index contributed by atoms with van der Waals surface area (Å²) in [4.78, 5) is 24.4. The zero-order chi connectivity index (χ0) is 15.3. The van der Waals surface area contributed by atoms with Gasteiger partial charge in [0.15, 0.2) is 0 Å². The maximum absolute atomic E-state index is 12.1. The highest BCUT2D eigenvalue weighted by molar-refractivity contribution is 5.95. The first-order valence-electron chi connectivity index (χ1n) is 6.61. The van der Waals surface area contributed by atoms with Gasteiger partial charge >= 0.3 is 5.97 Å². The van der Waals surface area contributed by atoms with Crippen LogP contribution < -0.4 is 5.32 Å². The molecule has 0 radical (unpaired) electrons. The first kappa shape index (κ1) is 16.2. The van der Waals surface area contributed by atoms with Crippen molar-refractivity contribution < 1.29 is 14.7 Å². The highest BCUT2D eigenvalue weighted by Crippen LogP contribution is 2.16. The average molecular weight is 278 g/mol. The third-order valence-corrected chi connectivity index (χ3v) is 3.36. The molecule has 0 aromatic heterocycles. The number of carbonyl (C=O) groups is 2. The molecule has 1 atom stereocenters. The molecule has 1 unspecified atom stereocenters. The summed E-state index contributed by atoms with van der Waals surface area (Å²) in [7, 11) is 1.75. The Hall–Kier alpha value is -1.88. The molecule has 1 aromatic carbocycles. The molecule has 2 N–H and O–H groups in total. The predicted molar refractivity (Wildman–Crippen MR) is 78.9 cm³/mol. The van der Waals surface area contributed by atoms with Gasteiger partial charge in [-0.2, -0.15) is 0 Å². The number of amides is 1. The van der Waals surface area contributed by atoms with Crippen LogP contribution in [-0.2, 0) is 9.59 Å². The van der Waals surface area contributed by atoms with Crippen molar-refractivity contribution >= 4 is 17.6 Å². The number of aryl methyl sites for hydroxylation is 2. The zero-order valence-corrected chi connectivity index (χ0v) is 12.4. The summed E-state index contributed by atoms with van der Waals surface area (Å²) in [5, 5.41) is 11.5. The minimum atomic E-state index is -0.862. The molecular formula is C15H22N2O3. The van der Waals surface area contributed by atoms with Gasteiger partial charge < -0.3 is 10.4 Å². The second-order valence-corrected chi connectivity index (χ2v) is 5.11. The quantitative estimate of drug-likeness (QED) is 0.835. The first-order chi connectivity index (χ1) is 9.31. The molecule has 20 heavy (non-hydrogen) atoms. The summed E-state index contributed by atoms with van der Waals surface area (Å²) in [6, 6.07) is 5.46. The molecule has 0 aliphatic rings. The largest absolute Gasteiger partial charge is 0.481 e. The van der Waals surface area contributed by atoms with Crippen LogP contribution >= 0.6 is 0 Å². The number of anilines is 1. The summed E-state index contributed by atoms with van der Waals surface area (Å²) in [5.41, 5.74) is 2.95. The van der Waals surface area contributed by atoms with Crippen LogP contribution in [0.25, 0.3) is 0 Å². The van der Waals surface area contributed by atoms with Crippen molar-refractivity contribution in [3.8, 4) is 0 Å². The smallest absolute Gasteiger partial charge is 0.304 e. The fraction of sp³-hybridized carbons (Fsp3) is 0.467. The van der Waals surface area contributed by atoms with Crippen molar-refractivity contribution in [1.29, 1.82) is 0 Å². The maximum Gasteiger partial charge on any atom is 0.304 e.